The van der Waals surface area contributed by atoms with Crippen LogP contribution < -0.4 is 9.08 Å². The molecule has 126 valence electrons. The van der Waals surface area contributed by atoms with Crippen molar-refractivity contribution in [1.82, 2.24) is 0 Å². The van der Waals surface area contributed by atoms with Crippen LogP contribution in [0, 0.1) is 5.82 Å². The van der Waals surface area contributed by atoms with Crippen LogP contribution in [0.15, 0.2) is 47.4 Å². The lowest BCUT2D eigenvalue weighted by Crippen LogP contribution is -2.23. The molecule has 1 fully saturated rings. The maximum atomic E-state index is 13.0. The Hall–Kier alpha value is -2.12. The number of hydrogen-bond acceptors (Lipinski definition) is 4. The van der Waals surface area contributed by atoms with Crippen molar-refractivity contribution in [2.24, 2.45) is 0 Å². The van der Waals surface area contributed by atoms with Crippen LogP contribution >= 0.6 is 11.6 Å². The number of carbonyl (C=O) groups is 1. The van der Waals surface area contributed by atoms with E-state index in [4.69, 9.17) is 15.8 Å². The van der Waals surface area contributed by atoms with Crippen molar-refractivity contribution in [3.05, 3.63) is 53.3 Å². The van der Waals surface area contributed by atoms with Crippen LogP contribution in [-0.4, -0.2) is 20.9 Å². The molecular weight excluding hydrogens is 357 g/mol. The van der Waals surface area contributed by atoms with Gasteiger partial charge < -0.3 is 9.08 Å². The summed E-state index contributed by atoms with van der Waals surface area (Å²) in [5.41, 5.74) is 0.635. The second-order valence-corrected chi connectivity index (χ2v) is 7.21. The first-order chi connectivity index (χ1) is 11.4. The molecule has 2 aromatic carbocycles. The van der Waals surface area contributed by atoms with Gasteiger partial charge in [-0.3, -0.25) is 4.79 Å². The van der Waals surface area contributed by atoms with Gasteiger partial charge in [-0.25, -0.2) is 4.39 Å². The van der Waals surface area contributed by atoms with Crippen molar-refractivity contribution in [2.75, 3.05) is 11.4 Å². The normalized spacial score (nSPS) is 14.9. The summed E-state index contributed by atoms with van der Waals surface area (Å²) >= 11 is 5.78. The molecule has 2 aromatic rings. The van der Waals surface area contributed by atoms with Crippen LogP contribution in [0.2, 0.25) is 5.02 Å². The maximum absolute atomic E-state index is 13.0. The Bertz CT molecular complexity index is 883. The summed E-state index contributed by atoms with van der Waals surface area (Å²) in [4.78, 5) is 13.2. The van der Waals surface area contributed by atoms with Crippen molar-refractivity contribution in [3.8, 4) is 5.75 Å². The molecule has 0 N–H and O–H groups in total. The molecule has 1 aliphatic heterocycles. The largest absolute Gasteiger partial charge is 0.377 e. The van der Waals surface area contributed by atoms with E-state index < -0.39 is 15.9 Å². The van der Waals surface area contributed by atoms with Crippen LogP contribution in [0.5, 0.6) is 5.75 Å². The molecular formula is C16H13ClFNO4S. The summed E-state index contributed by atoms with van der Waals surface area (Å²) in [6, 6.07) is 8.97. The Morgan fingerprint density at radius 2 is 1.83 bits per heavy atom. The number of rotatable bonds is 4. The number of hydrogen-bond donors (Lipinski definition) is 0. The van der Waals surface area contributed by atoms with Gasteiger partial charge in [-0.05, 0) is 48.9 Å². The summed E-state index contributed by atoms with van der Waals surface area (Å²) in [6.07, 6.45) is 1.28. The number of carbonyl (C=O) groups excluding carboxylic acids is 1. The zero-order valence-electron chi connectivity index (χ0n) is 12.4. The van der Waals surface area contributed by atoms with Crippen molar-refractivity contribution in [1.29, 1.82) is 0 Å². The van der Waals surface area contributed by atoms with E-state index in [0.717, 1.165) is 24.6 Å². The minimum absolute atomic E-state index is 0.0138. The first-order valence-corrected chi connectivity index (χ1v) is 8.95. The van der Waals surface area contributed by atoms with Gasteiger partial charge in [0.15, 0.2) is 5.75 Å². The quantitative estimate of drug-likeness (QED) is 0.775. The molecule has 0 unspecified atom stereocenters. The molecule has 0 atom stereocenters. The first-order valence-electron chi connectivity index (χ1n) is 7.17. The molecule has 0 saturated carbocycles. The lowest BCUT2D eigenvalue weighted by atomic mass is 10.3. The predicted octanol–water partition coefficient (Wildman–Crippen LogP) is 3.37. The molecule has 0 spiro atoms. The van der Waals surface area contributed by atoms with Crippen molar-refractivity contribution < 1.29 is 21.8 Å². The van der Waals surface area contributed by atoms with Gasteiger partial charge in [0.2, 0.25) is 5.91 Å². The highest BCUT2D eigenvalue weighted by atomic mass is 35.5. The van der Waals surface area contributed by atoms with Gasteiger partial charge in [-0.15, -0.1) is 0 Å². The zero-order valence-corrected chi connectivity index (χ0v) is 14.0. The average molecular weight is 370 g/mol. The van der Waals surface area contributed by atoms with Crippen LogP contribution in [0.25, 0.3) is 0 Å². The molecule has 1 amide bonds. The summed E-state index contributed by atoms with van der Waals surface area (Å²) < 4.78 is 42.5. The third kappa shape index (κ3) is 3.37. The standard InChI is InChI=1S/C16H13ClFNO4S/c17-14-10-11(18)3-8-15(14)23-24(21,22)13-6-4-12(5-7-13)19-9-1-2-16(19)20/h3-8,10H,1-2,9H2. The first kappa shape index (κ1) is 16.7. The van der Waals surface area contributed by atoms with Gasteiger partial charge in [0.25, 0.3) is 0 Å². The van der Waals surface area contributed by atoms with Gasteiger partial charge in [-0.2, -0.15) is 8.42 Å². The molecule has 0 aromatic heterocycles. The summed E-state index contributed by atoms with van der Waals surface area (Å²) in [7, 11) is -4.11. The number of anilines is 1. The second-order valence-electron chi connectivity index (χ2n) is 5.26. The lowest BCUT2D eigenvalue weighted by molar-refractivity contribution is -0.117. The monoisotopic (exact) mass is 369 g/mol. The van der Waals surface area contributed by atoms with Gasteiger partial charge in [0, 0.05) is 18.7 Å². The van der Waals surface area contributed by atoms with Crippen molar-refractivity contribution in [2.45, 2.75) is 17.7 Å². The van der Waals surface area contributed by atoms with Gasteiger partial charge in [-0.1, -0.05) is 11.6 Å². The van der Waals surface area contributed by atoms with E-state index in [-0.39, 0.29) is 21.6 Å². The SMILES string of the molecule is O=C1CCCN1c1ccc(S(=O)(=O)Oc2ccc(F)cc2Cl)cc1. The molecule has 8 heteroatoms. The maximum Gasteiger partial charge on any atom is 0.339 e. The Morgan fingerprint density at radius 1 is 1.12 bits per heavy atom. The molecule has 1 saturated heterocycles. The number of halogens is 2. The summed E-state index contributed by atoms with van der Waals surface area (Å²) in [5, 5.41) is -0.141. The fourth-order valence-electron chi connectivity index (χ4n) is 2.42. The zero-order chi connectivity index (χ0) is 17.3. The van der Waals surface area contributed by atoms with Gasteiger partial charge >= 0.3 is 10.1 Å². The fraction of sp³-hybridized carbons (Fsp3) is 0.188. The highest BCUT2D eigenvalue weighted by Gasteiger charge is 2.23. The highest BCUT2D eigenvalue weighted by Crippen LogP contribution is 2.29. The van der Waals surface area contributed by atoms with Crippen molar-refractivity contribution in [3.63, 3.8) is 0 Å². The molecule has 1 aliphatic rings. The molecule has 1 heterocycles. The molecule has 5 nitrogen and oxygen atoms in total. The minimum atomic E-state index is -4.11. The molecule has 0 aliphatic carbocycles. The molecule has 24 heavy (non-hydrogen) atoms. The molecule has 0 radical (unpaired) electrons. The number of nitrogens with zero attached hydrogens (tertiary/aromatic N) is 1. The molecule has 0 bridgehead atoms. The topological polar surface area (TPSA) is 63.7 Å². The van der Waals surface area contributed by atoms with E-state index in [1.165, 1.54) is 12.1 Å². The van der Waals surface area contributed by atoms with Crippen molar-refractivity contribution >= 4 is 33.3 Å². The third-order valence-electron chi connectivity index (χ3n) is 3.60. The number of amides is 1. The van der Waals surface area contributed by atoms with E-state index in [1.807, 2.05) is 0 Å². The number of benzene rings is 2. The van der Waals surface area contributed by atoms with Crippen LogP contribution in [0.4, 0.5) is 10.1 Å². The van der Waals surface area contributed by atoms with E-state index in [0.29, 0.717) is 18.7 Å². The summed E-state index contributed by atoms with van der Waals surface area (Å²) in [5.74, 6) is -0.735. The highest BCUT2D eigenvalue weighted by molar-refractivity contribution is 7.87. The molecule has 3 rings (SSSR count). The van der Waals surface area contributed by atoms with Crippen LogP contribution in [0.3, 0.4) is 0 Å². The Morgan fingerprint density at radius 3 is 2.42 bits per heavy atom. The minimum Gasteiger partial charge on any atom is -0.377 e. The second kappa shape index (κ2) is 6.41. The average Bonchev–Trinajstić information content (AvgIpc) is 2.96. The Balaban J connectivity index is 1.83. The summed E-state index contributed by atoms with van der Waals surface area (Å²) in [6.45, 7) is 0.618. The van der Waals surface area contributed by atoms with E-state index >= 15 is 0 Å². The van der Waals surface area contributed by atoms with Crippen LogP contribution in [-0.2, 0) is 14.9 Å². The van der Waals surface area contributed by atoms with Crippen LogP contribution in [0.1, 0.15) is 12.8 Å². The van der Waals surface area contributed by atoms with E-state index in [2.05, 4.69) is 0 Å². The van der Waals surface area contributed by atoms with Gasteiger partial charge in [0.05, 0.1) is 5.02 Å². The van der Waals surface area contributed by atoms with Gasteiger partial charge in [0.1, 0.15) is 10.7 Å². The smallest absolute Gasteiger partial charge is 0.339 e. The van der Waals surface area contributed by atoms with E-state index in [9.17, 15) is 17.6 Å². The van der Waals surface area contributed by atoms with E-state index in [1.54, 1.807) is 17.0 Å². The Labute approximate surface area is 143 Å². The lowest BCUT2D eigenvalue weighted by Gasteiger charge is -2.16. The Kier molecular flexibility index (Phi) is 4.47. The fourth-order valence-corrected chi connectivity index (χ4v) is 3.62. The third-order valence-corrected chi connectivity index (χ3v) is 5.15. The predicted molar refractivity (Wildman–Crippen MR) is 87.3 cm³/mol.